The van der Waals surface area contributed by atoms with Crippen LogP contribution in [-0.4, -0.2) is 70.8 Å². The molecule has 0 spiro atoms. The molecule has 4 aromatic carbocycles. The molecule has 0 saturated heterocycles. The summed E-state index contributed by atoms with van der Waals surface area (Å²) >= 11 is 21.5. The number of amides is 2. The van der Waals surface area contributed by atoms with E-state index in [1.54, 1.807) is 68.7 Å². The minimum Gasteiger partial charge on any atom is -0.489 e. The molecule has 2 atom stereocenters. The molecule has 2 unspecified atom stereocenters. The molecule has 1 heterocycles. The number of thiazole rings is 1. The van der Waals surface area contributed by atoms with Crippen molar-refractivity contribution in [2.45, 2.75) is 78.4 Å². The number of nitrogens with two attached hydrogens (primary N) is 1. The number of thiocarbonyl (C=S) groups is 1. The Bertz CT molecular complexity index is 2680. The Morgan fingerprint density at radius 2 is 1.16 bits per heavy atom. The summed E-state index contributed by atoms with van der Waals surface area (Å²) in [6, 6.07) is 28.6. The number of ketones is 3. The van der Waals surface area contributed by atoms with Gasteiger partial charge in [0.1, 0.15) is 16.5 Å². The number of carbonyl (C=O) groups excluding carboxylic acids is 5. The van der Waals surface area contributed by atoms with Crippen LogP contribution in [0.4, 0.5) is 0 Å². The highest BCUT2D eigenvalue weighted by molar-refractivity contribution is 9.09. The van der Waals surface area contributed by atoms with Crippen molar-refractivity contribution in [2.24, 2.45) is 17.6 Å². The predicted octanol–water partition coefficient (Wildman–Crippen LogP) is 10.6. The summed E-state index contributed by atoms with van der Waals surface area (Å²) in [7, 11) is 3.12. The van der Waals surface area contributed by atoms with Gasteiger partial charge in [-0.3, -0.25) is 24.0 Å². The smallest absolute Gasteiger partial charge is 0.223 e. The average molecular weight is 1090 g/mol. The van der Waals surface area contributed by atoms with Gasteiger partial charge in [0, 0.05) is 66.4 Å². The van der Waals surface area contributed by atoms with E-state index in [1.165, 1.54) is 11.3 Å². The van der Waals surface area contributed by atoms with Crippen molar-refractivity contribution in [3.63, 3.8) is 0 Å². The standard InChI is InChI=1S/C26H26ClN3O3S.C23H25BrClNO4.C3H4N2S/c1-16(2)33-24-9-8-19(13-21(24)27)23(31)14-20(26(32)29-3)12-17-4-6-18(7-5-17)22-15-34-25(30-22)10-11-28;1-14(2)30-22-9-8-17(11-19(22)25)20(27)12-18(23(29)26-3)10-15-4-6-16(7-5-15)21(28)13-24;4-2-1-3(5)6/h4-9,13,15-16,20H,10,12,14H2,1-3H3,(H,29,32);4-9,11,14,18H,10,12-13H2,1-3H3,(H,26,29);1H2,(H2,5,6). The van der Waals surface area contributed by atoms with Gasteiger partial charge in [-0.15, -0.1) is 11.3 Å². The third-order valence-corrected chi connectivity index (χ3v) is 12.1. The van der Waals surface area contributed by atoms with Crippen molar-refractivity contribution >= 4 is 96.8 Å². The van der Waals surface area contributed by atoms with Gasteiger partial charge < -0.3 is 25.8 Å². The quantitative estimate of drug-likeness (QED) is 0.0356. The van der Waals surface area contributed by atoms with E-state index in [1.807, 2.05) is 69.5 Å². The summed E-state index contributed by atoms with van der Waals surface area (Å²) in [6.45, 7) is 7.59. The number of rotatable bonds is 21. The minimum atomic E-state index is -0.536. The third-order valence-electron chi connectivity index (χ3n) is 9.98. The minimum absolute atomic E-state index is 0.0126. The van der Waals surface area contributed by atoms with Crippen molar-refractivity contribution in [3.05, 3.63) is 133 Å². The van der Waals surface area contributed by atoms with Crippen LogP contribution in [0.25, 0.3) is 11.3 Å². The monoisotopic (exact) mass is 1090 g/mol. The molecule has 13 nitrogen and oxygen atoms in total. The Kier molecular flexibility index (Phi) is 24.9. The van der Waals surface area contributed by atoms with Crippen LogP contribution in [0.15, 0.2) is 90.3 Å². The molecule has 0 fully saturated rings. The second-order valence-electron chi connectivity index (χ2n) is 16.1. The zero-order chi connectivity index (χ0) is 51.9. The van der Waals surface area contributed by atoms with Gasteiger partial charge in [-0.05, 0) is 88.1 Å². The van der Waals surface area contributed by atoms with Crippen LogP contribution in [0.3, 0.4) is 0 Å². The summed E-state index contributed by atoms with van der Waals surface area (Å²) in [5.41, 5.74) is 9.97. The molecule has 5 aromatic rings. The van der Waals surface area contributed by atoms with Crippen LogP contribution in [0.1, 0.15) is 94.2 Å². The lowest BCUT2D eigenvalue weighted by atomic mass is 9.91. The number of halogens is 3. The number of Topliss-reactive ketones (excluding diaryl/α,β-unsaturated/α-hetero) is 3. The van der Waals surface area contributed by atoms with Crippen LogP contribution in [0.2, 0.25) is 10.0 Å². The summed E-state index contributed by atoms with van der Waals surface area (Å²) in [5, 5.41) is 25.6. The molecule has 0 aliphatic rings. The van der Waals surface area contributed by atoms with Crippen molar-refractivity contribution < 1.29 is 33.4 Å². The number of carbonyl (C=O) groups is 5. The van der Waals surface area contributed by atoms with Gasteiger partial charge in [-0.25, -0.2) is 4.98 Å². The van der Waals surface area contributed by atoms with Crippen molar-refractivity contribution in [1.29, 1.82) is 10.5 Å². The zero-order valence-corrected chi connectivity index (χ0v) is 44.4. The molecule has 2 amide bonds. The zero-order valence-electron chi connectivity index (χ0n) is 39.6. The number of nitrogens with one attached hydrogen (secondary N) is 2. The molecule has 0 bridgehead atoms. The fourth-order valence-corrected chi connectivity index (χ4v) is 8.18. The molecule has 0 aliphatic carbocycles. The number of hydrogen-bond acceptors (Lipinski definition) is 12. The topological polar surface area (TPSA) is 214 Å². The number of nitrogens with zero attached hydrogens (tertiary/aromatic N) is 3. The van der Waals surface area contributed by atoms with E-state index in [0.717, 1.165) is 27.4 Å². The third kappa shape index (κ3) is 19.4. The van der Waals surface area contributed by atoms with Gasteiger partial charge in [0.25, 0.3) is 0 Å². The van der Waals surface area contributed by atoms with E-state index in [2.05, 4.69) is 49.8 Å². The van der Waals surface area contributed by atoms with Crippen LogP contribution < -0.4 is 25.8 Å². The highest BCUT2D eigenvalue weighted by Gasteiger charge is 2.25. The van der Waals surface area contributed by atoms with Crippen molar-refractivity contribution in [2.75, 3.05) is 19.4 Å². The average Bonchev–Trinajstić information content (AvgIpc) is 3.80. The Balaban J connectivity index is 0.000000334. The first-order chi connectivity index (χ1) is 33.3. The summed E-state index contributed by atoms with van der Waals surface area (Å²) in [6.07, 6.45) is 1.34. The SMILES string of the molecule is CNC(=O)C(CC(=O)c1ccc(OC(C)C)c(Cl)c1)Cc1ccc(-c2csc(CC#N)n2)cc1.CNC(=O)C(CC(=O)c1ccc(OC(C)C)c(Cl)c1)Cc1ccc(C(=O)CBr)cc1.N#CCC(N)=S. The number of hydrogen-bond donors (Lipinski definition) is 3. The Morgan fingerprint density at radius 1 is 0.714 bits per heavy atom. The highest BCUT2D eigenvalue weighted by Crippen LogP contribution is 2.30. The van der Waals surface area contributed by atoms with Crippen LogP contribution in [0, 0.1) is 34.5 Å². The van der Waals surface area contributed by atoms with E-state index in [0.29, 0.717) is 57.5 Å². The van der Waals surface area contributed by atoms with Gasteiger partial charge in [0.2, 0.25) is 11.8 Å². The molecule has 18 heteroatoms. The van der Waals surface area contributed by atoms with Gasteiger partial charge in [-0.2, -0.15) is 10.5 Å². The largest absolute Gasteiger partial charge is 0.489 e. The summed E-state index contributed by atoms with van der Waals surface area (Å²) < 4.78 is 11.2. The molecule has 0 aliphatic heterocycles. The lowest BCUT2D eigenvalue weighted by Crippen LogP contribution is -2.30. The first kappa shape index (κ1) is 58.3. The number of alkyl halides is 1. The summed E-state index contributed by atoms with van der Waals surface area (Å²) in [4.78, 5) is 67.1. The van der Waals surface area contributed by atoms with E-state index >= 15 is 0 Å². The maximum absolute atomic E-state index is 12.9. The Morgan fingerprint density at radius 3 is 1.51 bits per heavy atom. The van der Waals surface area contributed by atoms with E-state index in [4.69, 9.17) is 48.9 Å². The Labute approximate surface area is 437 Å². The fraction of sp³-hybridized carbons (Fsp3) is 0.327. The van der Waals surface area contributed by atoms with Gasteiger partial charge in [0.15, 0.2) is 17.3 Å². The molecule has 0 saturated carbocycles. The van der Waals surface area contributed by atoms with Crippen LogP contribution >= 0.6 is 62.7 Å². The van der Waals surface area contributed by atoms with Crippen LogP contribution in [0.5, 0.6) is 11.5 Å². The van der Waals surface area contributed by atoms with Gasteiger partial charge >= 0.3 is 0 Å². The first-order valence-electron chi connectivity index (χ1n) is 22.0. The normalized spacial score (nSPS) is 11.3. The second-order valence-corrected chi connectivity index (χ2v) is 19.0. The molecular formula is C52H55BrCl2N6O7S2. The van der Waals surface area contributed by atoms with Crippen LogP contribution in [-0.2, 0) is 28.9 Å². The van der Waals surface area contributed by atoms with Crippen molar-refractivity contribution in [3.8, 4) is 34.9 Å². The van der Waals surface area contributed by atoms with E-state index in [9.17, 15) is 24.0 Å². The first-order valence-corrected chi connectivity index (χ1v) is 25.1. The molecule has 5 rings (SSSR count). The Hall–Kier alpha value is -6.01. The van der Waals surface area contributed by atoms with E-state index < -0.39 is 11.8 Å². The second kappa shape index (κ2) is 29.9. The lowest BCUT2D eigenvalue weighted by Gasteiger charge is -2.16. The van der Waals surface area contributed by atoms with Crippen molar-refractivity contribution in [1.82, 2.24) is 15.6 Å². The molecule has 70 heavy (non-hydrogen) atoms. The molecule has 0 radical (unpaired) electrons. The van der Waals surface area contributed by atoms with Gasteiger partial charge in [-0.1, -0.05) is 99.9 Å². The molecule has 368 valence electrons. The number of nitriles is 2. The summed E-state index contributed by atoms with van der Waals surface area (Å²) in [5.74, 6) is -0.760. The van der Waals surface area contributed by atoms with E-state index in [-0.39, 0.29) is 71.0 Å². The fourth-order valence-electron chi connectivity index (χ4n) is 6.61. The molecule has 1 aromatic heterocycles. The number of ether oxygens (including phenoxy) is 2. The lowest BCUT2D eigenvalue weighted by molar-refractivity contribution is -0.125. The molecule has 4 N–H and O–H groups in total. The molecular weight excluding hydrogens is 1040 g/mol. The number of aromatic nitrogens is 1. The predicted molar refractivity (Wildman–Crippen MR) is 283 cm³/mol. The maximum Gasteiger partial charge on any atom is 0.223 e. The number of benzene rings is 4. The van der Waals surface area contributed by atoms with Gasteiger partial charge in [0.05, 0.1) is 63.2 Å². The maximum atomic E-state index is 12.9. The highest BCUT2D eigenvalue weighted by atomic mass is 79.9.